The molecule has 1 saturated heterocycles. The van der Waals surface area contributed by atoms with E-state index in [-0.39, 0.29) is 17.4 Å². The van der Waals surface area contributed by atoms with Crippen LogP contribution in [0.25, 0.3) is 0 Å². The standard InChI is InChI=1S/C23H31ClN2O2S/c1-22(2,3)14-19(27)25-21-20(18-10-7-13-29-18)26(12-11-23(21,4)28)15-16-8-5-6-9-17(16)24/h5-10,13,20-21,28H,11-12,14-15H2,1-4H3,(H,25,27). The predicted molar refractivity (Wildman–Crippen MR) is 120 cm³/mol. The second-order valence-electron chi connectivity index (χ2n) is 9.41. The third-order valence-corrected chi connectivity index (χ3v) is 6.77. The van der Waals surface area contributed by atoms with E-state index in [2.05, 4.69) is 16.3 Å². The molecule has 4 nitrogen and oxygen atoms in total. The first-order chi connectivity index (χ1) is 13.6. The van der Waals surface area contributed by atoms with Crippen LogP contribution < -0.4 is 5.32 Å². The zero-order valence-electron chi connectivity index (χ0n) is 17.6. The van der Waals surface area contributed by atoms with Crippen LogP contribution in [0.4, 0.5) is 0 Å². The van der Waals surface area contributed by atoms with Crippen LogP contribution in [0.3, 0.4) is 0 Å². The fourth-order valence-electron chi connectivity index (χ4n) is 3.98. The van der Waals surface area contributed by atoms with Gasteiger partial charge in [-0.2, -0.15) is 0 Å². The molecule has 1 amide bonds. The van der Waals surface area contributed by atoms with E-state index in [4.69, 9.17) is 11.6 Å². The van der Waals surface area contributed by atoms with Crippen molar-refractivity contribution in [2.75, 3.05) is 6.54 Å². The third-order valence-electron chi connectivity index (χ3n) is 5.46. The molecule has 0 radical (unpaired) electrons. The van der Waals surface area contributed by atoms with E-state index in [0.29, 0.717) is 19.4 Å². The molecule has 158 valence electrons. The molecule has 0 aliphatic carbocycles. The van der Waals surface area contributed by atoms with Crippen molar-refractivity contribution in [3.63, 3.8) is 0 Å². The summed E-state index contributed by atoms with van der Waals surface area (Å²) in [6.07, 6.45) is 1.00. The summed E-state index contributed by atoms with van der Waals surface area (Å²) in [5.41, 5.74) is -0.0449. The SMILES string of the molecule is CC(C)(C)CC(=O)NC1C(c2cccs2)N(Cc2ccccc2Cl)CCC1(C)O. The lowest BCUT2D eigenvalue weighted by atomic mass is 9.81. The molecule has 3 rings (SSSR count). The summed E-state index contributed by atoms with van der Waals surface area (Å²) < 4.78 is 0. The third kappa shape index (κ3) is 5.60. The lowest BCUT2D eigenvalue weighted by Gasteiger charge is -2.49. The Morgan fingerprint density at radius 1 is 1.31 bits per heavy atom. The molecule has 1 fully saturated rings. The number of rotatable bonds is 5. The number of aliphatic hydroxyl groups is 1. The number of nitrogens with zero attached hydrogens (tertiary/aromatic N) is 1. The Bertz CT molecular complexity index is 830. The molecule has 2 aromatic rings. The minimum absolute atomic E-state index is 0.0241. The second kappa shape index (κ2) is 8.76. The van der Waals surface area contributed by atoms with E-state index in [1.807, 2.05) is 63.4 Å². The molecule has 1 aromatic carbocycles. The predicted octanol–water partition coefficient (Wildman–Crippen LogP) is 5.02. The first kappa shape index (κ1) is 22.3. The molecule has 1 aliphatic heterocycles. The lowest BCUT2D eigenvalue weighted by Crippen LogP contribution is -2.62. The summed E-state index contributed by atoms with van der Waals surface area (Å²) in [6, 6.07) is 11.5. The molecule has 3 atom stereocenters. The minimum Gasteiger partial charge on any atom is -0.388 e. The average molecular weight is 435 g/mol. The maximum Gasteiger partial charge on any atom is 0.220 e. The van der Waals surface area contributed by atoms with Crippen LogP contribution in [0.15, 0.2) is 41.8 Å². The highest BCUT2D eigenvalue weighted by Crippen LogP contribution is 2.40. The number of hydrogen-bond acceptors (Lipinski definition) is 4. The molecule has 2 heterocycles. The number of thiophene rings is 1. The van der Waals surface area contributed by atoms with Crippen molar-refractivity contribution in [3.8, 4) is 0 Å². The van der Waals surface area contributed by atoms with E-state index < -0.39 is 11.6 Å². The van der Waals surface area contributed by atoms with Crippen molar-refractivity contribution in [3.05, 3.63) is 57.2 Å². The van der Waals surface area contributed by atoms with Crippen LogP contribution in [0.1, 0.15) is 57.0 Å². The molecular formula is C23H31ClN2O2S. The number of likely N-dealkylation sites (tertiary alicyclic amines) is 1. The van der Waals surface area contributed by atoms with Gasteiger partial charge in [-0.25, -0.2) is 0 Å². The van der Waals surface area contributed by atoms with E-state index >= 15 is 0 Å². The number of hydrogen-bond donors (Lipinski definition) is 2. The molecule has 29 heavy (non-hydrogen) atoms. The van der Waals surface area contributed by atoms with Crippen molar-refractivity contribution >= 4 is 28.8 Å². The van der Waals surface area contributed by atoms with Gasteiger partial charge in [-0.05, 0) is 41.8 Å². The Morgan fingerprint density at radius 3 is 2.66 bits per heavy atom. The van der Waals surface area contributed by atoms with Gasteiger partial charge >= 0.3 is 0 Å². The first-order valence-corrected chi connectivity index (χ1v) is 11.4. The molecule has 0 bridgehead atoms. The van der Waals surface area contributed by atoms with Gasteiger partial charge in [0.05, 0.1) is 17.7 Å². The van der Waals surface area contributed by atoms with Gasteiger partial charge < -0.3 is 10.4 Å². The zero-order valence-corrected chi connectivity index (χ0v) is 19.2. The van der Waals surface area contributed by atoms with Crippen molar-refractivity contribution in [1.29, 1.82) is 0 Å². The van der Waals surface area contributed by atoms with Gasteiger partial charge in [-0.15, -0.1) is 11.3 Å². The highest BCUT2D eigenvalue weighted by molar-refractivity contribution is 7.10. The summed E-state index contributed by atoms with van der Waals surface area (Å²) >= 11 is 8.08. The van der Waals surface area contributed by atoms with Crippen LogP contribution >= 0.6 is 22.9 Å². The summed E-state index contributed by atoms with van der Waals surface area (Å²) in [6.45, 7) is 9.38. The maximum atomic E-state index is 12.8. The number of amides is 1. The Labute approximate surface area is 182 Å². The maximum absolute atomic E-state index is 12.8. The van der Waals surface area contributed by atoms with Crippen LogP contribution in [-0.2, 0) is 11.3 Å². The minimum atomic E-state index is -0.987. The van der Waals surface area contributed by atoms with Crippen molar-refractivity contribution in [1.82, 2.24) is 10.2 Å². The van der Waals surface area contributed by atoms with Gasteiger partial charge in [0.25, 0.3) is 0 Å². The second-order valence-corrected chi connectivity index (χ2v) is 10.8. The molecule has 6 heteroatoms. The first-order valence-electron chi connectivity index (χ1n) is 10.1. The number of nitrogens with one attached hydrogen (secondary N) is 1. The Morgan fingerprint density at radius 2 is 2.03 bits per heavy atom. The fourth-order valence-corrected chi connectivity index (χ4v) is 5.07. The largest absolute Gasteiger partial charge is 0.388 e. The van der Waals surface area contributed by atoms with Gasteiger partial charge in [-0.1, -0.05) is 56.6 Å². The molecule has 1 aliphatic rings. The summed E-state index contributed by atoms with van der Waals surface area (Å²) in [4.78, 5) is 16.3. The summed E-state index contributed by atoms with van der Waals surface area (Å²) in [7, 11) is 0. The fraction of sp³-hybridized carbons (Fsp3) is 0.522. The van der Waals surface area contributed by atoms with E-state index in [1.165, 1.54) is 0 Å². The molecule has 0 saturated carbocycles. The lowest BCUT2D eigenvalue weighted by molar-refractivity contribution is -0.130. The topological polar surface area (TPSA) is 52.6 Å². The van der Waals surface area contributed by atoms with Gasteiger partial charge in [0.15, 0.2) is 0 Å². The van der Waals surface area contributed by atoms with Crippen LogP contribution in [0.5, 0.6) is 0 Å². The number of carbonyl (C=O) groups is 1. The molecule has 0 spiro atoms. The highest BCUT2D eigenvalue weighted by atomic mass is 35.5. The smallest absolute Gasteiger partial charge is 0.220 e. The van der Waals surface area contributed by atoms with Crippen molar-refractivity contribution in [2.45, 2.75) is 64.8 Å². The van der Waals surface area contributed by atoms with Gasteiger partial charge in [-0.3, -0.25) is 9.69 Å². The van der Waals surface area contributed by atoms with Crippen LogP contribution in [0, 0.1) is 5.41 Å². The van der Waals surface area contributed by atoms with Crippen LogP contribution in [0.2, 0.25) is 5.02 Å². The highest BCUT2D eigenvalue weighted by Gasteiger charge is 2.46. The number of piperidine rings is 1. The number of benzene rings is 1. The quantitative estimate of drug-likeness (QED) is 0.694. The Balaban J connectivity index is 1.92. The van der Waals surface area contributed by atoms with Gasteiger partial charge in [0.2, 0.25) is 5.91 Å². The zero-order chi connectivity index (χ0) is 21.2. The molecule has 2 N–H and O–H groups in total. The van der Waals surface area contributed by atoms with Gasteiger partial charge in [0.1, 0.15) is 0 Å². The van der Waals surface area contributed by atoms with E-state index in [0.717, 1.165) is 22.0 Å². The van der Waals surface area contributed by atoms with Gasteiger partial charge in [0, 0.05) is 29.4 Å². The van der Waals surface area contributed by atoms with Crippen molar-refractivity contribution < 1.29 is 9.90 Å². The average Bonchev–Trinajstić information content (AvgIpc) is 3.12. The monoisotopic (exact) mass is 434 g/mol. The van der Waals surface area contributed by atoms with E-state index in [9.17, 15) is 9.90 Å². The summed E-state index contributed by atoms with van der Waals surface area (Å²) in [5.74, 6) is -0.0241. The number of carbonyl (C=O) groups excluding carboxylic acids is 1. The molecule has 3 unspecified atom stereocenters. The summed E-state index contributed by atoms with van der Waals surface area (Å²) in [5, 5.41) is 17.2. The van der Waals surface area contributed by atoms with E-state index in [1.54, 1.807) is 11.3 Å². The molecular weight excluding hydrogens is 404 g/mol. The van der Waals surface area contributed by atoms with Crippen molar-refractivity contribution in [2.24, 2.45) is 5.41 Å². The Hall–Kier alpha value is -1.40. The molecule has 1 aromatic heterocycles. The Kier molecular flexibility index (Phi) is 6.74. The number of halogens is 1. The van der Waals surface area contributed by atoms with Crippen LogP contribution in [-0.4, -0.2) is 34.1 Å². The normalized spacial score (nSPS) is 25.7.